The molecule has 2 atom stereocenters. The van der Waals surface area contributed by atoms with Crippen LogP contribution in [0, 0.1) is 0 Å². The van der Waals surface area contributed by atoms with Crippen LogP contribution in [-0.4, -0.2) is 17.3 Å². The van der Waals surface area contributed by atoms with Gasteiger partial charge in [0, 0.05) is 11.1 Å². The molecule has 0 bridgehead atoms. The van der Waals surface area contributed by atoms with Gasteiger partial charge in [-0.1, -0.05) is 43.0 Å². The Morgan fingerprint density at radius 1 is 1.26 bits per heavy atom. The normalized spacial score (nSPS) is 23.7. The quantitative estimate of drug-likeness (QED) is 0.665. The molecule has 2 rings (SSSR count). The fourth-order valence-electron chi connectivity index (χ4n) is 2.52. The van der Waals surface area contributed by atoms with E-state index < -0.39 is 0 Å². The first-order chi connectivity index (χ1) is 9.15. The zero-order chi connectivity index (χ0) is 13.7. The van der Waals surface area contributed by atoms with Gasteiger partial charge in [-0.3, -0.25) is 4.79 Å². The van der Waals surface area contributed by atoms with Gasteiger partial charge in [-0.05, 0) is 30.5 Å². The van der Waals surface area contributed by atoms with E-state index in [9.17, 15) is 4.79 Å². The molecular weight excluding hydrogens is 281 g/mol. The van der Waals surface area contributed by atoms with Gasteiger partial charge in [-0.2, -0.15) is 0 Å². The van der Waals surface area contributed by atoms with Crippen LogP contribution in [0.1, 0.15) is 37.7 Å². The van der Waals surface area contributed by atoms with Crippen LogP contribution in [0.2, 0.25) is 5.02 Å². The highest BCUT2D eigenvalue weighted by molar-refractivity contribution is 6.30. The Kier molecular flexibility index (Phi) is 5.53. The van der Waals surface area contributed by atoms with E-state index in [0.717, 1.165) is 31.2 Å². The van der Waals surface area contributed by atoms with E-state index in [1.54, 1.807) is 0 Å². The molecule has 2 unspecified atom stereocenters. The number of hydrogen-bond donors (Lipinski definition) is 1. The largest absolute Gasteiger partial charge is 0.352 e. The second-order valence-electron chi connectivity index (χ2n) is 5.13. The van der Waals surface area contributed by atoms with Crippen molar-refractivity contribution in [3.8, 4) is 0 Å². The summed E-state index contributed by atoms with van der Waals surface area (Å²) in [5, 5.41) is 3.79. The van der Waals surface area contributed by atoms with Gasteiger partial charge < -0.3 is 5.32 Å². The van der Waals surface area contributed by atoms with Crippen molar-refractivity contribution in [3.63, 3.8) is 0 Å². The van der Waals surface area contributed by atoms with Crippen molar-refractivity contribution in [2.45, 2.75) is 49.9 Å². The molecule has 1 aliphatic carbocycles. The van der Waals surface area contributed by atoms with E-state index in [2.05, 4.69) is 5.32 Å². The van der Waals surface area contributed by atoms with Gasteiger partial charge in [0.25, 0.3) is 0 Å². The standard InChI is InChI=1S/C15H19Cl2NO/c16-12-6-4-5-11(9-12)10-15(19)18-14-8-3-1-2-7-13(14)17/h4-6,9,13-14H,1-3,7-8,10H2,(H,18,19). The van der Waals surface area contributed by atoms with Crippen molar-refractivity contribution in [2.24, 2.45) is 0 Å². The molecule has 1 saturated carbocycles. The number of rotatable bonds is 3. The average Bonchev–Trinajstić information content (AvgIpc) is 2.55. The van der Waals surface area contributed by atoms with E-state index in [1.807, 2.05) is 24.3 Å². The van der Waals surface area contributed by atoms with Gasteiger partial charge in [-0.25, -0.2) is 0 Å². The fraction of sp³-hybridized carbons (Fsp3) is 0.533. The summed E-state index contributed by atoms with van der Waals surface area (Å²) < 4.78 is 0. The number of carbonyl (C=O) groups excluding carboxylic acids is 1. The van der Waals surface area contributed by atoms with E-state index in [-0.39, 0.29) is 17.3 Å². The van der Waals surface area contributed by atoms with Crippen molar-refractivity contribution in [1.29, 1.82) is 0 Å². The number of amides is 1. The Hall–Kier alpha value is -0.730. The third-order valence-electron chi connectivity index (χ3n) is 3.53. The van der Waals surface area contributed by atoms with Crippen molar-refractivity contribution < 1.29 is 4.79 Å². The highest BCUT2D eigenvalue weighted by atomic mass is 35.5. The molecule has 104 valence electrons. The van der Waals surface area contributed by atoms with Crippen molar-refractivity contribution >= 4 is 29.1 Å². The molecule has 1 N–H and O–H groups in total. The second kappa shape index (κ2) is 7.16. The number of nitrogens with one attached hydrogen (secondary N) is 1. The third kappa shape index (κ3) is 4.70. The van der Waals surface area contributed by atoms with Crippen molar-refractivity contribution in [1.82, 2.24) is 5.32 Å². The Bertz CT molecular complexity index is 436. The molecule has 0 heterocycles. The second-order valence-corrected chi connectivity index (χ2v) is 6.13. The third-order valence-corrected chi connectivity index (χ3v) is 4.29. The lowest BCUT2D eigenvalue weighted by molar-refractivity contribution is -0.121. The summed E-state index contributed by atoms with van der Waals surface area (Å²) in [6.07, 6.45) is 5.85. The van der Waals surface area contributed by atoms with Crippen LogP contribution < -0.4 is 5.32 Å². The number of carbonyl (C=O) groups is 1. The molecule has 1 fully saturated rings. The van der Waals surface area contributed by atoms with Gasteiger partial charge >= 0.3 is 0 Å². The van der Waals surface area contributed by atoms with Gasteiger partial charge in [0.2, 0.25) is 5.91 Å². The molecular formula is C15H19Cl2NO. The summed E-state index contributed by atoms with van der Waals surface area (Å²) in [5.41, 5.74) is 0.935. The first-order valence-electron chi connectivity index (χ1n) is 6.83. The summed E-state index contributed by atoms with van der Waals surface area (Å²) in [7, 11) is 0. The molecule has 1 aromatic rings. The molecule has 1 aliphatic rings. The van der Waals surface area contributed by atoms with Crippen LogP contribution in [0.25, 0.3) is 0 Å². The van der Waals surface area contributed by atoms with Crippen LogP contribution in [-0.2, 0) is 11.2 Å². The van der Waals surface area contributed by atoms with Crippen LogP contribution in [0.15, 0.2) is 24.3 Å². The molecule has 0 radical (unpaired) electrons. The number of benzene rings is 1. The number of hydrogen-bond acceptors (Lipinski definition) is 1. The number of alkyl halides is 1. The maximum Gasteiger partial charge on any atom is 0.224 e. The van der Waals surface area contributed by atoms with E-state index in [1.165, 1.54) is 6.42 Å². The van der Waals surface area contributed by atoms with E-state index >= 15 is 0 Å². The molecule has 2 nitrogen and oxygen atoms in total. The zero-order valence-corrected chi connectivity index (χ0v) is 12.4. The average molecular weight is 300 g/mol. The van der Waals surface area contributed by atoms with Gasteiger partial charge in [0.1, 0.15) is 0 Å². The first-order valence-corrected chi connectivity index (χ1v) is 7.64. The summed E-state index contributed by atoms with van der Waals surface area (Å²) in [6.45, 7) is 0. The maximum absolute atomic E-state index is 12.0. The molecule has 1 amide bonds. The Labute approximate surface area is 124 Å². The molecule has 4 heteroatoms. The highest BCUT2D eigenvalue weighted by Gasteiger charge is 2.23. The van der Waals surface area contributed by atoms with Crippen LogP contribution in [0.4, 0.5) is 0 Å². The minimum absolute atomic E-state index is 0.0276. The Morgan fingerprint density at radius 2 is 2.05 bits per heavy atom. The SMILES string of the molecule is O=C(Cc1cccc(Cl)c1)NC1CCCCCC1Cl. The first kappa shape index (κ1) is 14.7. The Morgan fingerprint density at radius 3 is 2.84 bits per heavy atom. The van der Waals surface area contributed by atoms with E-state index in [4.69, 9.17) is 23.2 Å². The molecule has 19 heavy (non-hydrogen) atoms. The molecule has 1 aromatic carbocycles. The lowest BCUT2D eigenvalue weighted by Crippen LogP contribution is -2.41. The van der Waals surface area contributed by atoms with Crippen molar-refractivity contribution in [3.05, 3.63) is 34.9 Å². The topological polar surface area (TPSA) is 29.1 Å². The molecule has 0 aliphatic heterocycles. The van der Waals surface area contributed by atoms with Crippen LogP contribution >= 0.6 is 23.2 Å². The van der Waals surface area contributed by atoms with E-state index in [0.29, 0.717) is 11.4 Å². The molecule has 0 saturated heterocycles. The Balaban J connectivity index is 1.89. The highest BCUT2D eigenvalue weighted by Crippen LogP contribution is 2.22. The maximum atomic E-state index is 12.0. The smallest absolute Gasteiger partial charge is 0.224 e. The van der Waals surface area contributed by atoms with Crippen molar-refractivity contribution in [2.75, 3.05) is 0 Å². The summed E-state index contributed by atoms with van der Waals surface area (Å²) in [5.74, 6) is 0.0276. The monoisotopic (exact) mass is 299 g/mol. The molecule has 0 spiro atoms. The van der Waals surface area contributed by atoms with Gasteiger partial charge in [0.15, 0.2) is 0 Å². The zero-order valence-electron chi connectivity index (χ0n) is 10.9. The minimum Gasteiger partial charge on any atom is -0.352 e. The number of halogens is 2. The summed E-state index contributed by atoms with van der Waals surface area (Å²) >= 11 is 12.2. The predicted octanol–water partition coefficient (Wildman–Crippen LogP) is 3.94. The molecule has 0 aromatic heterocycles. The lowest BCUT2D eigenvalue weighted by atomic mass is 10.1. The lowest BCUT2D eigenvalue weighted by Gasteiger charge is -2.21. The van der Waals surface area contributed by atoms with Gasteiger partial charge in [-0.15, -0.1) is 11.6 Å². The van der Waals surface area contributed by atoms with Gasteiger partial charge in [0.05, 0.1) is 11.8 Å². The summed E-state index contributed by atoms with van der Waals surface area (Å²) in [6, 6.07) is 7.52. The minimum atomic E-state index is 0.0276. The predicted molar refractivity (Wildman–Crippen MR) is 79.8 cm³/mol. The fourth-order valence-corrected chi connectivity index (χ4v) is 3.07. The van der Waals surface area contributed by atoms with Crippen LogP contribution in [0.5, 0.6) is 0 Å². The summed E-state index contributed by atoms with van der Waals surface area (Å²) in [4.78, 5) is 12.0. The van der Waals surface area contributed by atoms with Crippen LogP contribution in [0.3, 0.4) is 0 Å².